The third-order valence-corrected chi connectivity index (χ3v) is 4.51. The zero-order chi connectivity index (χ0) is 11.0. The monoisotopic (exact) mass is 237 g/mol. The Bertz CT molecular complexity index is 334. The average molecular weight is 237 g/mol. The van der Waals surface area contributed by atoms with Crippen LogP contribution in [0, 0.1) is 5.92 Å². The number of rotatable bonds is 3. The molecule has 4 heteroatoms. The Kier molecular flexibility index (Phi) is 2.96. The van der Waals surface area contributed by atoms with Gasteiger partial charge in [0.1, 0.15) is 5.01 Å². The van der Waals surface area contributed by atoms with Crippen molar-refractivity contribution in [3.63, 3.8) is 0 Å². The summed E-state index contributed by atoms with van der Waals surface area (Å²) in [5.74, 6) is 0.950. The molecule has 1 saturated carbocycles. The van der Waals surface area contributed by atoms with Gasteiger partial charge in [-0.05, 0) is 25.7 Å². The molecule has 3 nitrogen and oxygen atoms in total. The summed E-state index contributed by atoms with van der Waals surface area (Å²) >= 11 is 1.77. The van der Waals surface area contributed by atoms with Crippen LogP contribution in [-0.2, 0) is 6.54 Å². The topological polar surface area (TPSA) is 28.2 Å². The van der Waals surface area contributed by atoms with Crippen LogP contribution in [0.3, 0.4) is 0 Å². The van der Waals surface area contributed by atoms with Gasteiger partial charge in [0.05, 0.1) is 6.54 Å². The number of thiazole rings is 1. The first-order valence-corrected chi connectivity index (χ1v) is 7.06. The second-order valence-corrected chi connectivity index (χ2v) is 6.04. The number of aromatic nitrogens is 1. The highest BCUT2D eigenvalue weighted by atomic mass is 32.1. The summed E-state index contributed by atoms with van der Waals surface area (Å²) < 4.78 is 0. The maximum absolute atomic E-state index is 4.39. The smallest absolute Gasteiger partial charge is 0.107 e. The van der Waals surface area contributed by atoms with Gasteiger partial charge in [0.25, 0.3) is 0 Å². The van der Waals surface area contributed by atoms with Crippen molar-refractivity contribution in [2.45, 2.75) is 38.4 Å². The van der Waals surface area contributed by atoms with Gasteiger partial charge in [-0.1, -0.05) is 0 Å². The van der Waals surface area contributed by atoms with E-state index in [1.807, 2.05) is 6.20 Å². The highest BCUT2D eigenvalue weighted by Crippen LogP contribution is 2.34. The largest absolute Gasteiger partial charge is 0.311 e. The zero-order valence-electron chi connectivity index (χ0n) is 9.72. The lowest BCUT2D eigenvalue weighted by Crippen LogP contribution is -2.55. The molecule has 0 radical (unpaired) electrons. The lowest BCUT2D eigenvalue weighted by Gasteiger charge is -2.38. The highest BCUT2D eigenvalue weighted by molar-refractivity contribution is 7.09. The number of piperazine rings is 1. The Morgan fingerprint density at radius 1 is 1.56 bits per heavy atom. The SMILES string of the molecule is CC1CNC(C2CC2)CN1Cc1nccs1. The van der Waals surface area contributed by atoms with Crippen LogP contribution in [0.2, 0.25) is 0 Å². The molecule has 1 aromatic rings. The van der Waals surface area contributed by atoms with Gasteiger partial charge in [-0.25, -0.2) is 4.98 Å². The molecule has 2 unspecified atom stereocenters. The molecule has 2 atom stereocenters. The fraction of sp³-hybridized carbons (Fsp3) is 0.750. The van der Waals surface area contributed by atoms with Gasteiger partial charge < -0.3 is 5.32 Å². The number of nitrogens with zero attached hydrogens (tertiary/aromatic N) is 2. The molecular formula is C12H19N3S. The fourth-order valence-electron chi connectivity index (χ4n) is 2.49. The van der Waals surface area contributed by atoms with E-state index in [0.717, 1.165) is 25.0 Å². The van der Waals surface area contributed by atoms with Gasteiger partial charge >= 0.3 is 0 Å². The molecule has 0 bridgehead atoms. The van der Waals surface area contributed by atoms with Crippen LogP contribution in [0.5, 0.6) is 0 Å². The molecule has 1 aromatic heterocycles. The Labute approximate surface area is 101 Å². The molecule has 0 amide bonds. The summed E-state index contributed by atoms with van der Waals surface area (Å²) in [5, 5.41) is 7.00. The van der Waals surface area contributed by atoms with E-state index in [2.05, 4.69) is 27.5 Å². The summed E-state index contributed by atoms with van der Waals surface area (Å²) in [6.07, 6.45) is 4.76. The van der Waals surface area contributed by atoms with Crippen molar-refractivity contribution in [3.05, 3.63) is 16.6 Å². The maximum Gasteiger partial charge on any atom is 0.107 e. The Hall–Kier alpha value is -0.450. The average Bonchev–Trinajstić information content (AvgIpc) is 3.01. The zero-order valence-corrected chi connectivity index (χ0v) is 10.5. The number of nitrogens with one attached hydrogen (secondary N) is 1. The minimum absolute atomic E-state index is 0.638. The van der Waals surface area contributed by atoms with Crippen molar-refractivity contribution in [1.29, 1.82) is 0 Å². The molecule has 1 N–H and O–H groups in total. The van der Waals surface area contributed by atoms with Crippen molar-refractivity contribution in [2.75, 3.05) is 13.1 Å². The summed E-state index contributed by atoms with van der Waals surface area (Å²) in [7, 11) is 0. The van der Waals surface area contributed by atoms with Crippen LogP contribution in [-0.4, -0.2) is 35.1 Å². The van der Waals surface area contributed by atoms with Crippen molar-refractivity contribution in [2.24, 2.45) is 5.92 Å². The van der Waals surface area contributed by atoms with Crippen molar-refractivity contribution in [1.82, 2.24) is 15.2 Å². The molecule has 88 valence electrons. The third kappa shape index (κ3) is 2.29. The van der Waals surface area contributed by atoms with Crippen LogP contribution in [0.4, 0.5) is 0 Å². The Balaban J connectivity index is 1.62. The van der Waals surface area contributed by atoms with Crippen LogP contribution in [0.25, 0.3) is 0 Å². The van der Waals surface area contributed by atoms with Gasteiger partial charge in [-0.2, -0.15) is 0 Å². The minimum atomic E-state index is 0.638. The summed E-state index contributed by atoms with van der Waals surface area (Å²) in [6.45, 7) is 5.67. The minimum Gasteiger partial charge on any atom is -0.311 e. The molecule has 0 spiro atoms. The lowest BCUT2D eigenvalue weighted by molar-refractivity contribution is 0.125. The molecular weight excluding hydrogens is 218 g/mol. The molecule has 1 saturated heterocycles. The predicted octanol–water partition coefficient (Wildman–Crippen LogP) is 1.72. The molecule has 2 aliphatic rings. The van der Waals surface area contributed by atoms with Crippen molar-refractivity contribution in [3.8, 4) is 0 Å². The van der Waals surface area contributed by atoms with Crippen LogP contribution < -0.4 is 5.32 Å². The van der Waals surface area contributed by atoms with Crippen LogP contribution >= 0.6 is 11.3 Å². The number of hydrogen-bond acceptors (Lipinski definition) is 4. The molecule has 16 heavy (non-hydrogen) atoms. The molecule has 1 aliphatic heterocycles. The summed E-state index contributed by atoms with van der Waals surface area (Å²) in [4.78, 5) is 6.97. The first-order valence-electron chi connectivity index (χ1n) is 6.19. The second-order valence-electron chi connectivity index (χ2n) is 5.06. The van der Waals surface area contributed by atoms with E-state index in [4.69, 9.17) is 0 Å². The maximum atomic E-state index is 4.39. The summed E-state index contributed by atoms with van der Waals surface area (Å²) in [6, 6.07) is 1.37. The Morgan fingerprint density at radius 3 is 3.12 bits per heavy atom. The molecule has 0 aromatic carbocycles. The van der Waals surface area contributed by atoms with Gasteiger partial charge in [-0.15, -0.1) is 11.3 Å². The van der Waals surface area contributed by atoms with Crippen molar-refractivity contribution < 1.29 is 0 Å². The molecule has 2 fully saturated rings. The van der Waals surface area contributed by atoms with E-state index in [1.54, 1.807) is 11.3 Å². The van der Waals surface area contributed by atoms with Gasteiger partial charge in [0.2, 0.25) is 0 Å². The third-order valence-electron chi connectivity index (χ3n) is 3.74. The number of hydrogen-bond donors (Lipinski definition) is 1. The molecule has 2 heterocycles. The lowest BCUT2D eigenvalue weighted by atomic mass is 10.1. The molecule has 3 rings (SSSR count). The van der Waals surface area contributed by atoms with E-state index >= 15 is 0 Å². The normalized spacial score (nSPS) is 31.8. The Morgan fingerprint density at radius 2 is 2.44 bits per heavy atom. The van der Waals surface area contributed by atoms with E-state index in [0.29, 0.717) is 6.04 Å². The summed E-state index contributed by atoms with van der Waals surface area (Å²) in [5.41, 5.74) is 0. The van der Waals surface area contributed by atoms with E-state index in [-0.39, 0.29) is 0 Å². The van der Waals surface area contributed by atoms with Gasteiger partial charge in [-0.3, -0.25) is 4.90 Å². The van der Waals surface area contributed by atoms with Gasteiger partial charge in [0, 0.05) is 36.8 Å². The van der Waals surface area contributed by atoms with E-state index in [1.165, 1.54) is 24.4 Å². The van der Waals surface area contributed by atoms with Crippen molar-refractivity contribution >= 4 is 11.3 Å². The van der Waals surface area contributed by atoms with Gasteiger partial charge in [0.15, 0.2) is 0 Å². The first-order chi connectivity index (χ1) is 7.83. The fourth-order valence-corrected chi connectivity index (χ4v) is 3.13. The highest BCUT2D eigenvalue weighted by Gasteiger charge is 2.36. The standard InChI is InChI=1S/C12H19N3S/c1-9-6-14-11(10-2-3-10)7-15(9)8-12-13-4-5-16-12/h4-5,9-11,14H,2-3,6-8H2,1H3. The van der Waals surface area contributed by atoms with E-state index < -0.39 is 0 Å². The quantitative estimate of drug-likeness (QED) is 0.867. The molecule has 1 aliphatic carbocycles. The van der Waals surface area contributed by atoms with Crippen LogP contribution in [0.1, 0.15) is 24.8 Å². The van der Waals surface area contributed by atoms with E-state index in [9.17, 15) is 0 Å². The first kappa shape index (κ1) is 10.7. The predicted molar refractivity (Wildman–Crippen MR) is 66.5 cm³/mol. The second kappa shape index (κ2) is 4.43. The van der Waals surface area contributed by atoms with Crippen LogP contribution in [0.15, 0.2) is 11.6 Å².